The number of nitrogens with zero attached hydrogens (tertiary/aromatic N) is 2. The summed E-state index contributed by atoms with van der Waals surface area (Å²) in [7, 11) is 3.93. The Bertz CT molecular complexity index is 461. The third kappa shape index (κ3) is 3.50. The summed E-state index contributed by atoms with van der Waals surface area (Å²) in [6.07, 6.45) is 2.32. The Morgan fingerprint density at radius 1 is 1.38 bits per heavy atom. The molecule has 0 saturated carbocycles. The van der Waals surface area contributed by atoms with Crippen molar-refractivity contribution >= 4 is 5.69 Å². The SMILES string of the molecule is CCC1CN(C)CCCN1c1cccc(OC)c1[C@@H](C)N. The minimum atomic E-state index is -0.0327. The first-order valence-corrected chi connectivity index (χ1v) is 7.96. The fourth-order valence-corrected chi connectivity index (χ4v) is 3.33. The monoisotopic (exact) mass is 291 g/mol. The van der Waals surface area contributed by atoms with E-state index in [1.165, 1.54) is 12.1 Å². The van der Waals surface area contributed by atoms with Gasteiger partial charge in [0.05, 0.1) is 7.11 Å². The van der Waals surface area contributed by atoms with Gasteiger partial charge in [-0.3, -0.25) is 0 Å². The van der Waals surface area contributed by atoms with Gasteiger partial charge in [-0.25, -0.2) is 0 Å². The van der Waals surface area contributed by atoms with Crippen molar-refractivity contribution in [3.8, 4) is 5.75 Å². The molecule has 1 aliphatic heterocycles. The molecule has 1 fully saturated rings. The molecule has 1 heterocycles. The molecule has 21 heavy (non-hydrogen) atoms. The second-order valence-electron chi connectivity index (χ2n) is 6.05. The van der Waals surface area contributed by atoms with E-state index in [-0.39, 0.29) is 6.04 Å². The van der Waals surface area contributed by atoms with Crippen LogP contribution in [0.5, 0.6) is 5.75 Å². The lowest BCUT2D eigenvalue weighted by Crippen LogP contribution is -2.40. The molecule has 2 atom stereocenters. The highest BCUT2D eigenvalue weighted by Crippen LogP contribution is 2.35. The van der Waals surface area contributed by atoms with E-state index in [1.54, 1.807) is 7.11 Å². The standard InChI is InChI=1S/C17H29N3O/c1-5-14-12-19(3)10-7-11-20(14)15-8-6-9-16(21-4)17(15)13(2)18/h6,8-9,13-14H,5,7,10-12,18H2,1-4H3/t13-,14?/m1/s1. The topological polar surface area (TPSA) is 41.7 Å². The lowest BCUT2D eigenvalue weighted by atomic mass is 10.0. The van der Waals surface area contributed by atoms with Crippen molar-refractivity contribution in [1.29, 1.82) is 0 Å². The summed E-state index contributed by atoms with van der Waals surface area (Å²) in [5, 5.41) is 0. The van der Waals surface area contributed by atoms with E-state index < -0.39 is 0 Å². The molecule has 1 unspecified atom stereocenters. The van der Waals surface area contributed by atoms with E-state index in [9.17, 15) is 0 Å². The number of hydrogen-bond donors (Lipinski definition) is 1. The van der Waals surface area contributed by atoms with Crippen molar-refractivity contribution in [2.24, 2.45) is 5.73 Å². The van der Waals surface area contributed by atoms with E-state index in [0.717, 1.165) is 37.4 Å². The number of ether oxygens (including phenoxy) is 1. The molecule has 0 spiro atoms. The third-order valence-corrected chi connectivity index (χ3v) is 4.40. The Labute approximate surface area is 128 Å². The van der Waals surface area contributed by atoms with Crippen molar-refractivity contribution < 1.29 is 4.74 Å². The molecule has 0 aromatic heterocycles. The molecule has 1 aromatic rings. The van der Waals surface area contributed by atoms with E-state index >= 15 is 0 Å². The van der Waals surface area contributed by atoms with Gasteiger partial charge in [0.2, 0.25) is 0 Å². The van der Waals surface area contributed by atoms with Gasteiger partial charge in [-0.05, 0) is 45.5 Å². The van der Waals surface area contributed by atoms with Gasteiger partial charge in [0.1, 0.15) is 5.75 Å². The Kier molecular flexibility index (Phi) is 5.48. The van der Waals surface area contributed by atoms with Gasteiger partial charge in [-0.2, -0.15) is 0 Å². The zero-order valence-corrected chi connectivity index (χ0v) is 13.8. The van der Waals surface area contributed by atoms with Crippen LogP contribution in [0.15, 0.2) is 18.2 Å². The largest absolute Gasteiger partial charge is 0.496 e. The fourth-order valence-electron chi connectivity index (χ4n) is 3.33. The Hall–Kier alpha value is -1.26. The maximum absolute atomic E-state index is 6.23. The third-order valence-electron chi connectivity index (χ3n) is 4.40. The molecular weight excluding hydrogens is 262 g/mol. The summed E-state index contributed by atoms with van der Waals surface area (Å²) in [4.78, 5) is 4.96. The van der Waals surface area contributed by atoms with Gasteiger partial charge >= 0.3 is 0 Å². The lowest BCUT2D eigenvalue weighted by Gasteiger charge is -2.35. The molecule has 118 valence electrons. The van der Waals surface area contributed by atoms with Gasteiger partial charge in [0.25, 0.3) is 0 Å². The van der Waals surface area contributed by atoms with Crippen LogP contribution in [-0.4, -0.2) is 44.7 Å². The van der Waals surface area contributed by atoms with Crippen molar-refractivity contribution in [1.82, 2.24) is 4.90 Å². The normalized spacial score (nSPS) is 22.0. The zero-order chi connectivity index (χ0) is 15.4. The predicted molar refractivity (Wildman–Crippen MR) is 89.1 cm³/mol. The first-order valence-electron chi connectivity index (χ1n) is 7.96. The first kappa shape index (κ1) is 16.1. The molecule has 0 amide bonds. The highest BCUT2D eigenvalue weighted by Gasteiger charge is 2.26. The molecule has 0 radical (unpaired) electrons. The first-order chi connectivity index (χ1) is 10.1. The number of likely N-dealkylation sites (N-methyl/N-ethyl adjacent to an activating group) is 1. The minimum absolute atomic E-state index is 0.0327. The summed E-state index contributed by atoms with van der Waals surface area (Å²) < 4.78 is 5.54. The van der Waals surface area contributed by atoms with E-state index in [1.807, 2.05) is 13.0 Å². The highest BCUT2D eigenvalue weighted by atomic mass is 16.5. The number of nitrogens with two attached hydrogens (primary N) is 1. The smallest absolute Gasteiger partial charge is 0.125 e. The Balaban J connectivity index is 2.43. The average molecular weight is 291 g/mol. The molecule has 1 aromatic carbocycles. The number of methoxy groups -OCH3 is 1. The number of hydrogen-bond acceptors (Lipinski definition) is 4. The van der Waals surface area contributed by atoms with Crippen molar-refractivity contribution in [2.45, 2.75) is 38.8 Å². The van der Waals surface area contributed by atoms with Gasteiger partial charge in [-0.1, -0.05) is 13.0 Å². The van der Waals surface area contributed by atoms with Crippen LogP contribution >= 0.6 is 0 Å². The summed E-state index contributed by atoms with van der Waals surface area (Å²) in [5.74, 6) is 0.898. The van der Waals surface area contributed by atoms with Crippen LogP contribution in [0.3, 0.4) is 0 Å². The lowest BCUT2D eigenvalue weighted by molar-refractivity contribution is 0.328. The summed E-state index contributed by atoms with van der Waals surface area (Å²) in [5.41, 5.74) is 8.60. The molecule has 4 nitrogen and oxygen atoms in total. The maximum Gasteiger partial charge on any atom is 0.125 e. The number of benzene rings is 1. The van der Waals surface area contributed by atoms with Crippen LogP contribution in [0, 0.1) is 0 Å². The van der Waals surface area contributed by atoms with Crippen LogP contribution in [0.2, 0.25) is 0 Å². The molecule has 1 saturated heterocycles. The summed E-state index contributed by atoms with van der Waals surface area (Å²) >= 11 is 0. The Morgan fingerprint density at radius 3 is 2.76 bits per heavy atom. The average Bonchev–Trinajstić information content (AvgIpc) is 2.67. The molecule has 0 bridgehead atoms. The van der Waals surface area contributed by atoms with E-state index in [4.69, 9.17) is 10.5 Å². The maximum atomic E-state index is 6.23. The van der Waals surface area contributed by atoms with Crippen molar-refractivity contribution in [3.63, 3.8) is 0 Å². The van der Waals surface area contributed by atoms with Crippen LogP contribution in [0.25, 0.3) is 0 Å². The molecule has 1 aliphatic rings. The van der Waals surface area contributed by atoms with Crippen LogP contribution in [0.4, 0.5) is 5.69 Å². The quantitative estimate of drug-likeness (QED) is 0.926. The summed E-state index contributed by atoms with van der Waals surface area (Å²) in [6, 6.07) is 6.76. The second-order valence-corrected chi connectivity index (χ2v) is 6.05. The highest BCUT2D eigenvalue weighted by molar-refractivity contribution is 5.61. The van der Waals surface area contributed by atoms with Gasteiger partial charge < -0.3 is 20.3 Å². The molecule has 4 heteroatoms. The van der Waals surface area contributed by atoms with Crippen molar-refractivity contribution in [2.75, 3.05) is 38.7 Å². The number of anilines is 1. The zero-order valence-electron chi connectivity index (χ0n) is 13.8. The van der Waals surface area contributed by atoms with Crippen LogP contribution in [-0.2, 0) is 0 Å². The van der Waals surface area contributed by atoms with Crippen molar-refractivity contribution in [3.05, 3.63) is 23.8 Å². The predicted octanol–water partition coefficient (Wildman–Crippen LogP) is 2.64. The van der Waals surface area contributed by atoms with Gasteiger partial charge in [0.15, 0.2) is 0 Å². The molecule has 2 rings (SSSR count). The van der Waals surface area contributed by atoms with Crippen LogP contribution in [0.1, 0.15) is 38.3 Å². The fraction of sp³-hybridized carbons (Fsp3) is 0.647. The van der Waals surface area contributed by atoms with Gasteiger partial charge in [-0.15, -0.1) is 0 Å². The number of rotatable bonds is 4. The van der Waals surface area contributed by atoms with E-state index in [2.05, 4.69) is 35.9 Å². The Morgan fingerprint density at radius 2 is 2.14 bits per heavy atom. The minimum Gasteiger partial charge on any atom is -0.496 e. The van der Waals surface area contributed by atoms with E-state index in [0.29, 0.717) is 6.04 Å². The summed E-state index contributed by atoms with van der Waals surface area (Å²) in [6.45, 7) is 7.64. The van der Waals surface area contributed by atoms with Crippen LogP contribution < -0.4 is 15.4 Å². The second kappa shape index (κ2) is 7.14. The molecule has 2 N–H and O–H groups in total. The molecular formula is C17H29N3O. The molecule has 0 aliphatic carbocycles. The van der Waals surface area contributed by atoms with Gasteiger partial charge in [0, 0.05) is 36.4 Å².